The van der Waals surface area contributed by atoms with Crippen molar-refractivity contribution in [3.8, 4) is 11.3 Å². The van der Waals surface area contributed by atoms with Crippen LogP contribution in [0, 0.1) is 0 Å². The maximum atomic E-state index is 12.1. The lowest BCUT2D eigenvalue weighted by Crippen LogP contribution is -2.61. The number of benzene rings is 1. The lowest BCUT2D eigenvalue weighted by Gasteiger charge is -2.44. The first-order chi connectivity index (χ1) is 9.05. The van der Waals surface area contributed by atoms with E-state index in [9.17, 15) is 9.90 Å². The van der Waals surface area contributed by atoms with Gasteiger partial charge in [-0.05, 0) is 31.2 Å². The zero-order valence-corrected chi connectivity index (χ0v) is 10.7. The van der Waals surface area contributed by atoms with E-state index >= 15 is 0 Å². The molecule has 0 saturated carbocycles. The molecule has 1 aliphatic heterocycles. The van der Waals surface area contributed by atoms with E-state index in [0.717, 1.165) is 11.3 Å². The second-order valence-corrected chi connectivity index (χ2v) is 5.21. The van der Waals surface area contributed by atoms with Crippen molar-refractivity contribution in [2.45, 2.75) is 12.5 Å². The molecule has 1 aromatic heterocycles. The van der Waals surface area contributed by atoms with Gasteiger partial charge < -0.3 is 14.4 Å². The van der Waals surface area contributed by atoms with Crippen LogP contribution in [0.3, 0.4) is 0 Å². The molecule has 0 bridgehead atoms. The van der Waals surface area contributed by atoms with Crippen molar-refractivity contribution >= 4 is 5.91 Å². The Labute approximate surface area is 111 Å². The van der Waals surface area contributed by atoms with Crippen LogP contribution in [0.15, 0.2) is 47.1 Å². The fraction of sp³-hybridized carbons (Fsp3) is 0.267. The number of amides is 1. The largest absolute Gasteiger partial charge is 0.464 e. The van der Waals surface area contributed by atoms with Gasteiger partial charge in [0, 0.05) is 11.1 Å². The summed E-state index contributed by atoms with van der Waals surface area (Å²) in [5.41, 5.74) is 0.840. The lowest BCUT2D eigenvalue weighted by atomic mass is 9.95. The number of rotatable bonds is 2. The van der Waals surface area contributed by atoms with E-state index in [-0.39, 0.29) is 5.91 Å². The Morgan fingerprint density at radius 1 is 1.26 bits per heavy atom. The number of nitrogens with zero attached hydrogens (tertiary/aromatic N) is 1. The van der Waals surface area contributed by atoms with Gasteiger partial charge in [0.2, 0.25) is 0 Å². The van der Waals surface area contributed by atoms with E-state index in [4.69, 9.17) is 4.42 Å². The number of hydrogen-bond acceptors (Lipinski definition) is 3. The summed E-state index contributed by atoms with van der Waals surface area (Å²) in [6, 6.07) is 11.0. The molecule has 4 heteroatoms. The third-order valence-electron chi connectivity index (χ3n) is 3.29. The van der Waals surface area contributed by atoms with Crippen LogP contribution in [0.25, 0.3) is 11.3 Å². The van der Waals surface area contributed by atoms with Gasteiger partial charge in [-0.3, -0.25) is 4.79 Å². The Morgan fingerprint density at radius 2 is 1.95 bits per heavy atom. The summed E-state index contributed by atoms with van der Waals surface area (Å²) in [6.45, 7) is 2.52. The summed E-state index contributed by atoms with van der Waals surface area (Å²) in [5.74, 6) is 0.739. The normalized spacial score (nSPS) is 17.1. The molecule has 2 heterocycles. The first-order valence-corrected chi connectivity index (χ1v) is 6.21. The van der Waals surface area contributed by atoms with Crippen molar-refractivity contribution in [1.29, 1.82) is 0 Å². The molecule has 0 atom stereocenters. The second kappa shape index (κ2) is 4.24. The molecule has 1 aliphatic rings. The summed E-state index contributed by atoms with van der Waals surface area (Å²) in [7, 11) is 0. The molecule has 0 aliphatic carbocycles. The van der Waals surface area contributed by atoms with Crippen LogP contribution < -0.4 is 0 Å². The van der Waals surface area contributed by atoms with Crippen molar-refractivity contribution < 1.29 is 14.3 Å². The van der Waals surface area contributed by atoms with Crippen molar-refractivity contribution in [2.75, 3.05) is 13.1 Å². The summed E-state index contributed by atoms with van der Waals surface area (Å²) in [4.78, 5) is 13.7. The number of carbonyl (C=O) groups excluding carboxylic acids is 1. The zero-order valence-electron chi connectivity index (χ0n) is 10.7. The Kier molecular flexibility index (Phi) is 2.68. The third-order valence-corrected chi connectivity index (χ3v) is 3.29. The van der Waals surface area contributed by atoms with Gasteiger partial charge in [0.05, 0.1) is 25.0 Å². The summed E-state index contributed by atoms with van der Waals surface area (Å²) in [6.07, 6.45) is 1.62. The van der Waals surface area contributed by atoms with Gasteiger partial charge in [-0.1, -0.05) is 12.1 Å². The maximum absolute atomic E-state index is 12.1. The van der Waals surface area contributed by atoms with E-state index in [1.807, 2.05) is 24.3 Å². The number of carbonyl (C=O) groups is 1. The predicted octanol–water partition coefficient (Wildman–Crippen LogP) is 2.15. The molecule has 0 radical (unpaired) electrons. The van der Waals surface area contributed by atoms with Crippen LogP contribution in [0.1, 0.15) is 17.3 Å². The predicted molar refractivity (Wildman–Crippen MR) is 70.7 cm³/mol. The summed E-state index contributed by atoms with van der Waals surface area (Å²) < 4.78 is 5.30. The Hall–Kier alpha value is -2.07. The second-order valence-electron chi connectivity index (χ2n) is 5.21. The molecule has 0 spiro atoms. The fourth-order valence-corrected chi connectivity index (χ4v) is 2.32. The highest BCUT2D eigenvalue weighted by Crippen LogP contribution is 2.24. The van der Waals surface area contributed by atoms with E-state index in [2.05, 4.69) is 0 Å². The van der Waals surface area contributed by atoms with Crippen molar-refractivity contribution in [3.63, 3.8) is 0 Å². The molecule has 98 valence electrons. The molecule has 1 saturated heterocycles. The number of hydrogen-bond donors (Lipinski definition) is 1. The quantitative estimate of drug-likeness (QED) is 0.897. The van der Waals surface area contributed by atoms with Gasteiger partial charge in [-0.25, -0.2) is 0 Å². The summed E-state index contributed by atoms with van der Waals surface area (Å²) in [5, 5.41) is 9.64. The molecule has 1 aromatic carbocycles. The maximum Gasteiger partial charge on any atom is 0.254 e. The van der Waals surface area contributed by atoms with Crippen molar-refractivity contribution in [3.05, 3.63) is 48.2 Å². The minimum absolute atomic E-state index is 0.0440. The first kappa shape index (κ1) is 12.0. The van der Waals surface area contributed by atoms with Crippen LogP contribution in [-0.4, -0.2) is 34.6 Å². The highest BCUT2D eigenvalue weighted by Gasteiger charge is 2.39. The number of β-amino-alcohol motifs (C(OH)–C–C–N with tert-alkyl or cyclic N) is 1. The number of aliphatic hydroxyl groups is 1. The zero-order chi connectivity index (χ0) is 13.5. The van der Waals surface area contributed by atoms with Gasteiger partial charge in [-0.15, -0.1) is 0 Å². The number of likely N-dealkylation sites (tertiary alicyclic amines) is 1. The minimum Gasteiger partial charge on any atom is -0.464 e. The Bertz CT molecular complexity index is 576. The van der Waals surface area contributed by atoms with Crippen LogP contribution in [0.5, 0.6) is 0 Å². The number of furan rings is 1. The van der Waals surface area contributed by atoms with E-state index in [1.54, 1.807) is 30.2 Å². The van der Waals surface area contributed by atoms with Crippen molar-refractivity contribution in [2.24, 2.45) is 0 Å². The lowest BCUT2D eigenvalue weighted by molar-refractivity contribution is -0.0668. The van der Waals surface area contributed by atoms with E-state index < -0.39 is 5.60 Å². The van der Waals surface area contributed by atoms with Crippen LogP contribution >= 0.6 is 0 Å². The minimum atomic E-state index is -0.732. The van der Waals surface area contributed by atoms with E-state index in [0.29, 0.717) is 18.7 Å². The average Bonchev–Trinajstić information content (AvgIpc) is 2.89. The molecular weight excluding hydrogens is 242 g/mol. The molecule has 2 aromatic rings. The highest BCUT2D eigenvalue weighted by molar-refractivity contribution is 5.95. The third kappa shape index (κ3) is 2.27. The average molecular weight is 257 g/mol. The Balaban J connectivity index is 1.75. The first-order valence-electron chi connectivity index (χ1n) is 6.21. The molecule has 1 fully saturated rings. The van der Waals surface area contributed by atoms with E-state index in [1.165, 1.54) is 0 Å². The van der Waals surface area contributed by atoms with Gasteiger partial charge in [0.25, 0.3) is 5.91 Å². The monoisotopic (exact) mass is 257 g/mol. The molecule has 1 amide bonds. The molecular formula is C15H15NO3. The molecule has 4 nitrogen and oxygen atoms in total. The SMILES string of the molecule is CC1(O)CN(C(=O)c2ccc(-c3ccco3)cc2)C1. The van der Waals surface area contributed by atoms with Crippen molar-refractivity contribution in [1.82, 2.24) is 4.90 Å². The molecule has 1 N–H and O–H groups in total. The van der Waals surface area contributed by atoms with Gasteiger partial charge in [-0.2, -0.15) is 0 Å². The van der Waals surface area contributed by atoms with Crippen LogP contribution in [-0.2, 0) is 0 Å². The topological polar surface area (TPSA) is 53.7 Å². The highest BCUT2D eigenvalue weighted by atomic mass is 16.3. The molecule has 0 unspecified atom stereocenters. The molecule has 19 heavy (non-hydrogen) atoms. The summed E-state index contributed by atoms with van der Waals surface area (Å²) >= 11 is 0. The fourth-order valence-electron chi connectivity index (χ4n) is 2.32. The van der Waals surface area contributed by atoms with Gasteiger partial charge in [0.15, 0.2) is 0 Å². The van der Waals surface area contributed by atoms with Crippen LogP contribution in [0.4, 0.5) is 0 Å². The standard InChI is InChI=1S/C15H15NO3/c1-15(18)9-16(10-15)14(17)12-6-4-11(5-7-12)13-3-2-8-19-13/h2-8,18H,9-10H2,1H3. The van der Waals surface area contributed by atoms with Gasteiger partial charge >= 0.3 is 0 Å². The van der Waals surface area contributed by atoms with Crippen LogP contribution in [0.2, 0.25) is 0 Å². The molecule has 3 rings (SSSR count). The Morgan fingerprint density at radius 3 is 2.47 bits per heavy atom. The smallest absolute Gasteiger partial charge is 0.254 e. The van der Waals surface area contributed by atoms with Gasteiger partial charge in [0.1, 0.15) is 5.76 Å².